The molecule has 1 aromatic heterocycles. The largest absolute Gasteiger partial charge is 0.481 e. The van der Waals surface area contributed by atoms with Crippen LogP contribution in [0.1, 0.15) is 34.2 Å². The number of aliphatic carboxylic acids is 1. The second kappa shape index (κ2) is 6.81. The third-order valence-electron chi connectivity index (χ3n) is 4.44. The van der Waals surface area contributed by atoms with Crippen molar-refractivity contribution in [3.8, 4) is 0 Å². The fourth-order valence-corrected chi connectivity index (χ4v) is 4.28. The first-order valence-electron chi connectivity index (χ1n) is 7.83. The summed E-state index contributed by atoms with van der Waals surface area (Å²) >= 11 is 1.72. The first-order chi connectivity index (χ1) is 11.0. The summed E-state index contributed by atoms with van der Waals surface area (Å²) < 4.78 is 13.7. The number of thiophene rings is 1. The summed E-state index contributed by atoms with van der Waals surface area (Å²) in [5.41, 5.74) is 0.931. The van der Waals surface area contributed by atoms with Crippen molar-refractivity contribution >= 4 is 17.3 Å². The van der Waals surface area contributed by atoms with Crippen molar-refractivity contribution in [2.75, 3.05) is 13.1 Å². The van der Waals surface area contributed by atoms with Gasteiger partial charge < -0.3 is 5.11 Å². The number of likely N-dealkylation sites (tertiary alicyclic amines) is 1. The third-order valence-corrected chi connectivity index (χ3v) is 5.49. The molecule has 0 saturated carbocycles. The minimum absolute atomic E-state index is 0.000792. The first-order valence-corrected chi connectivity index (χ1v) is 8.65. The molecule has 122 valence electrons. The zero-order valence-electron chi connectivity index (χ0n) is 13.0. The van der Waals surface area contributed by atoms with Crippen molar-refractivity contribution in [3.63, 3.8) is 0 Å². The highest BCUT2D eigenvalue weighted by atomic mass is 32.1. The van der Waals surface area contributed by atoms with Crippen LogP contribution in [0, 0.1) is 18.7 Å². The summed E-state index contributed by atoms with van der Waals surface area (Å²) in [4.78, 5) is 15.8. The van der Waals surface area contributed by atoms with Gasteiger partial charge in [0.1, 0.15) is 5.82 Å². The van der Waals surface area contributed by atoms with Crippen molar-refractivity contribution in [2.24, 2.45) is 5.92 Å². The molecule has 2 aromatic rings. The topological polar surface area (TPSA) is 40.5 Å². The second-order valence-electron chi connectivity index (χ2n) is 6.05. The number of hydrogen-bond donors (Lipinski definition) is 1. The Morgan fingerprint density at radius 1 is 1.30 bits per heavy atom. The summed E-state index contributed by atoms with van der Waals surface area (Å²) in [5.74, 6) is -1.20. The van der Waals surface area contributed by atoms with Gasteiger partial charge in [-0.05, 0) is 62.7 Å². The molecule has 0 bridgehead atoms. The second-order valence-corrected chi connectivity index (χ2v) is 7.37. The Bertz CT molecular complexity index is 692. The molecular weight excluding hydrogens is 313 g/mol. The maximum Gasteiger partial charge on any atom is 0.306 e. The number of halogens is 1. The standard InChI is InChI=1S/C18H20FNO2S/c1-12-5-6-16(23-12)17(14-3-2-4-15(19)11-14)20-9-7-13(8-10-20)18(21)22/h2-6,11,13,17H,7-10H2,1H3,(H,21,22). The maximum absolute atomic E-state index is 13.7. The maximum atomic E-state index is 13.7. The van der Waals surface area contributed by atoms with Crippen LogP contribution in [0.5, 0.6) is 0 Å². The Morgan fingerprint density at radius 3 is 2.61 bits per heavy atom. The van der Waals surface area contributed by atoms with Gasteiger partial charge in [-0.1, -0.05) is 12.1 Å². The van der Waals surface area contributed by atoms with Gasteiger partial charge in [-0.2, -0.15) is 0 Å². The van der Waals surface area contributed by atoms with Gasteiger partial charge in [-0.15, -0.1) is 11.3 Å². The van der Waals surface area contributed by atoms with Crippen LogP contribution in [0.2, 0.25) is 0 Å². The highest BCUT2D eigenvalue weighted by Gasteiger charge is 2.30. The highest BCUT2D eigenvalue weighted by molar-refractivity contribution is 7.12. The van der Waals surface area contributed by atoms with E-state index in [4.69, 9.17) is 0 Å². The monoisotopic (exact) mass is 333 g/mol. The Labute approximate surface area is 139 Å². The number of carbonyl (C=O) groups is 1. The SMILES string of the molecule is Cc1ccc(C(c2cccc(F)c2)N2CCC(C(=O)O)CC2)s1. The Hall–Kier alpha value is -1.72. The van der Waals surface area contributed by atoms with Crippen LogP contribution in [-0.4, -0.2) is 29.1 Å². The number of benzene rings is 1. The number of carboxylic acids is 1. The molecule has 1 fully saturated rings. The van der Waals surface area contributed by atoms with Gasteiger partial charge in [0.05, 0.1) is 12.0 Å². The molecule has 5 heteroatoms. The van der Waals surface area contributed by atoms with Gasteiger partial charge in [-0.25, -0.2) is 4.39 Å². The molecule has 0 radical (unpaired) electrons. The highest BCUT2D eigenvalue weighted by Crippen LogP contribution is 2.36. The van der Waals surface area contributed by atoms with Crippen molar-refractivity contribution in [1.82, 2.24) is 4.90 Å². The Morgan fingerprint density at radius 2 is 2.04 bits per heavy atom. The summed E-state index contributed by atoms with van der Waals surface area (Å²) in [7, 11) is 0. The van der Waals surface area contributed by atoms with Crippen molar-refractivity contribution < 1.29 is 14.3 Å². The van der Waals surface area contributed by atoms with Crippen molar-refractivity contribution in [2.45, 2.75) is 25.8 Å². The van der Waals surface area contributed by atoms with Crippen LogP contribution in [0.15, 0.2) is 36.4 Å². The number of hydrogen-bond acceptors (Lipinski definition) is 3. The fourth-order valence-electron chi connectivity index (χ4n) is 3.24. The van der Waals surface area contributed by atoms with E-state index < -0.39 is 5.97 Å². The van der Waals surface area contributed by atoms with E-state index in [9.17, 15) is 14.3 Å². The number of nitrogens with zero attached hydrogens (tertiary/aromatic N) is 1. The normalized spacial score (nSPS) is 18.0. The number of aryl methyl sites for hydroxylation is 1. The number of piperidine rings is 1. The van der Waals surface area contributed by atoms with Crippen LogP contribution in [0.3, 0.4) is 0 Å². The predicted octanol–water partition coefficient (Wildman–Crippen LogP) is 4.08. The van der Waals surface area contributed by atoms with E-state index in [0.29, 0.717) is 12.8 Å². The average molecular weight is 333 g/mol. The lowest BCUT2D eigenvalue weighted by Crippen LogP contribution is -2.39. The van der Waals surface area contributed by atoms with Crippen LogP contribution in [-0.2, 0) is 4.79 Å². The average Bonchev–Trinajstić information content (AvgIpc) is 2.94. The van der Waals surface area contributed by atoms with Crippen LogP contribution in [0.4, 0.5) is 4.39 Å². The summed E-state index contributed by atoms with van der Waals surface area (Å²) in [6.45, 7) is 3.50. The Kier molecular flexibility index (Phi) is 4.78. The molecule has 0 aliphatic carbocycles. The van der Waals surface area contributed by atoms with Gasteiger partial charge in [0.15, 0.2) is 0 Å². The molecule has 0 amide bonds. The lowest BCUT2D eigenvalue weighted by Gasteiger charge is -2.36. The molecule has 3 rings (SSSR count). The van der Waals surface area contributed by atoms with E-state index in [-0.39, 0.29) is 17.8 Å². The molecule has 23 heavy (non-hydrogen) atoms. The van der Waals surface area contributed by atoms with Gasteiger partial charge in [0.25, 0.3) is 0 Å². The van der Waals surface area contributed by atoms with E-state index in [1.54, 1.807) is 23.5 Å². The van der Waals surface area contributed by atoms with Gasteiger partial charge >= 0.3 is 5.97 Å². The molecule has 1 N–H and O–H groups in total. The molecule has 3 nitrogen and oxygen atoms in total. The minimum Gasteiger partial charge on any atom is -0.481 e. The Balaban J connectivity index is 1.89. The zero-order chi connectivity index (χ0) is 16.4. The van der Waals surface area contributed by atoms with E-state index in [0.717, 1.165) is 18.7 Å². The quantitative estimate of drug-likeness (QED) is 0.916. The molecular formula is C18H20FNO2S. The molecule has 0 spiro atoms. The zero-order valence-corrected chi connectivity index (χ0v) is 13.9. The lowest BCUT2D eigenvalue weighted by atomic mass is 9.94. The van der Waals surface area contributed by atoms with Gasteiger partial charge in [0.2, 0.25) is 0 Å². The smallest absolute Gasteiger partial charge is 0.306 e. The van der Waals surface area contributed by atoms with Crippen molar-refractivity contribution in [1.29, 1.82) is 0 Å². The van der Waals surface area contributed by atoms with Crippen LogP contribution < -0.4 is 0 Å². The third kappa shape index (κ3) is 3.62. The number of rotatable bonds is 4. The molecule has 1 aliphatic heterocycles. The van der Waals surface area contributed by atoms with E-state index >= 15 is 0 Å². The van der Waals surface area contributed by atoms with Crippen LogP contribution >= 0.6 is 11.3 Å². The molecule has 1 saturated heterocycles. The molecule has 1 aliphatic rings. The minimum atomic E-state index is -0.709. The van der Waals surface area contributed by atoms with Crippen molar-refractivity contribution in [3.05, 3.63) is 57.5 Å². The van der Waals surface area contributed by atoms with E-state index in [1.807, 2.05) is 6.07 Å². The predicted molar refractivity (Wildman–Crippen MR) is 89.2 cm³/mol. The van der Waals surface area contributed by atoms with Gasteiger partial charge in [-0.3, -0.25) is 9.69 Å². The first kappa shape index (κ1) is 16.1. The van der Waals surface area contributed by atoms with E-state index in [1.165, 1.54) is 15.8 Å². The lowest BCUT2D eigenvalue weighted by molar-refractivity contribution is -0.143. The molecule has 1 atom stereocenters. The summed E-state index contributed by atoms with van der Waals surface area (Å²) in [6.07, 6.45) is 1.29. The van der Waals surface area contributed by atoms with Crippen LogP contribution in [0.25, 0.3) is 0 Å². The summed E-state index contributed by atoms with van der Waals surface area (Å²) in [5, 5.41) is 9.17. The van der Waals surface area contributed by atoms with Gasteiger partial charge in [0, 0.05) is 9.75 Å². The molecule has 1 aromatic carbocycles. The number of carboxylic acid groups (broad SMARTS) is 1. The van der Waals surface area contributed by atoms with E-state index in [2.05, 4.69) is 24.0 Å². The molecule has 1 unspecified atom stereocenters. The fraction of sp³-hybridized carbons (Fsp3) is 0.389. The summed E-state index contributed by atoms with van der Waals surface area (Å²) in [6, 6.07) is 10.9. The molecule has 2 heterocycles.